The van der Waals surface area contributed by atoms with Crippen molar-refractivity contribution in [2.75, 3.05) is 0 Å². The van der Waals surface area contributed by atoms with E-state index in [-0.39, 0.29) is 16.9 Å². The second kappa shape index (κ2) is 6.05. The number of hydrogen-bond donors (Lipinski definition) is 2. The highest BCUT2D eigenvalue weighted by Crippen LogP contribution is 2.36. The minimum atomic E-state index is -0.618. The normalized spacial score (nSPS) is 10.7. The second-order valence-corrected chi connectivity index (χ2v) is 5.42. The lowest BCUT2D eigenvalue weighted by Crippen LogP contribution is -2.05. The molecular weight excluding hydrogens is 284 g/mol. The Kier molecular flexibility index (Phi) is 4.35. The monoisotopic (exact) mass is 302 g/mol. The van der Waals surface area contributed by atoms with Gasteiger partial charge in [-0.3, -0.25) is 4.79 Å². The summed E-state index contributed by atoms with van der Waals surface area (Å²) in [4.78, 5) is 24.0. The van der Waals surface area contributed by atoms with Crippen molar-refractivity contribution >= 4 is 16.8 Å². The first-order chi connectivity index (χ1) is 10.3. The van der Waals surface area contributed by atoms with Gasteiger partial charge in [-0.15, -0.1) is 0 Å². The number of aryl methyl sites for hydroxylation is 1. The highest BCUT2D eigenvalue weighted by Gasteiger charge is 2.21. The fourth-order valence-corrected chi connectivity index (χ4v) is 2.43. The van der Waals surface area contributed by atoms with Crippen molar-refractivity contribution in [3.05, 3.63) is 45.3 Å². The molecule has 5 nitrogen and oxygen atoms in total. The number of phenolic OH excluding ortho intramolecular Hbond substituents is 2. The quantitative estimate of drug-likeness (QED) is 0.514. The zero-order valence-electron chi connectivity index (χ0n) is 12.8. The van der Waals surface area contributed by atoms with Crippen LogP contribution in [0.2, 0.25) is 0 Å². The van der Waals surface area contributed by atoms with Gasteiger partial charge in [-0.2, -0.15) is 0 Å². The van der Waals surface area contributed by atoms with Gasteiger partial charge in [0.2, 0.25) is 0 Å². The van der Waals surface area contributed by atoms with Crippen LogP contribution >= 0.6 is 0 Å². The van der Waals surface area contributed by atoms with Crippen LogP contribution in [0.3, 0.4) is 0 Å². The smallest absolute Gasteiger partial charge is 0.336 e. The number of ketones is 1. The molecule has 1 aromatic carbocycles. The Balaban J connectivity index is 2.91. The minimum Gasteiger partial charge on any atom is -0.507 e. The number of carbonyl (C=O) groups excluding carboxylic acids is 1. The third-order valence-corrected chi connectivity index (χ3v) is 3.24. The Labute approximate surface area is 127 Å². The number of allylic oxidation sites excluding steroid dienone is 2. The van der Waals surface area contributed by atoms with E-state index in [0.717, 1.165) is 18.1 Å². The third-order valence-electron chi connectivity index (χ3n) is 3.24. The lowest BCUT2D eigenvalue weighted by atomic mass is 9.98. The topological polar surface area (TPSA) is 87.7 Å². The summed E-state index contributed by atoms with van der Waals surface area (Å²) in [6.07, 6.45) is 2.66. The number of benzene rings is 1. The van der Waals surface area contributed by atoms with Crippen molar-refractivity contribution in [3.8, 4) is 11.5 Å². The average Bonchev–Trinajstić information content (AvgIpc) is 2.36. The molecule has 0 atom stereocenters. The van der Waals surface area contributed by atoms with Gasteiger partial charge in [0.15, 0.2) is 11.4 Å². The van der Waals surface area contributed by atoms with Gasteiger partial charge in [0.05, 0.1) is 5.39 Å². The van der Waals surface area contributed by atoms with E-state index in [1.54, 1.807) is 13.8 Å². The number of phenols is 2. The highest BCUT2D eigenvalue weighted by atomic mass is 16.4. The van der Waals surface area contributed by atoms with Gasteiger partial charge >= 0.3 is 5.63 Å². The molecule has 2 N–H and O–H groups in total. The van der Waals surface area contributed by atoms with E-state index in [2.05, 4.69) is 0 Å². The van der Waals surface area contributed by atoms with Crippen LogP contribution in [0.1, 0.15) is 43.1 Å². The average molecular weight is 302 g/mol. The summed E-state index contributed by atoms with van der Waals surface area (Å²) in [5, 5.41) is 20.4. The molecule has 0 amide bonds. The molecule has 1 heterocycles. The predicted molar refractivity (Wildman–Crippen MR) is 83.6 cm³/mol. The maximum absolute atomic E-state index is 12.3. The number of fused-ring (bicyclic) bond motifs is 1. The highest BCUT2D eigenvalue weighted by molar-refractivity contribution is 6.15. The van der Waals surface area contributed by atoms with Crippen LogP contribution < -0.4 is 5.63 Å². The zero-order valence-corrected chi connectivity index (χ0v) is 12.8. The standard InChI is InChI=1S/C17H18O5/c1-4-5-10-7-14(21)22-17-15(10)12(19)8-13(20)16(17)11(18)6-9(2)3/h6-8,19-20H,4-5H2,1-3H3. The van der Waals surface area contributed by atoms with Crippen LogP contribution in [0.15, 0.2) is 33.0 Å². The molecule has 22 heavy (non-hydrogen) atoms. The molecule has 0 saturated heterocycles. The summed E-state index contributed by atoms with van der Waals surface area (Å²) in [5.74, 6) is -1.10. The van der Waals surface area contributed by atoms with Gasteiger partial charge in [-0.25, -0.2) is 4.79 Å². The molecule has 0 spiro atoms. The maximum Gasteiger partial charge on any atom is 0.336 e. The van der Waals surface area contributed by atoms with Crippen LogP contribution in [0.5, 0.6) is 11.5 Å². The molecule has 0 aliphatic carbocycles. The van der Waals surface area contributed by atoms with Crippen molar-refractivity contribution in [3.63, 3.8) is 0 Å². The van der Waals surface area contributed by atoms with Gasteiger partial charge in [-0.1, -0.05) is 18.9 Å². The van der Waals surface area contributed by atoms with E-state index in [4.69, 9.17) is 4.42 Å². The molecule has 0 unspecified atom stereocenters. The van der Waals surface area contributed by atoms with Crippen LogP contribution in [0.4, 0.5) is 0 Å². The first-order valence-corrected chi connectivity index (χ1v) is 7.06. The molecule has 0 aliphatic heterocycles. The summed E-state index contributed by atoms with van der Waals surface area (Å²) in [6, 6.07) is 2.41. The van der Waals surface area contributed by atoms with E-state index >= 15 is 0 Å². The Bertz CT molecular complexity index is 823. The molecule has 0 fully saturated rings. The summed E-state index contributed by atoms with van der Waals surface area (Å²) in [5.41, 5.74) is 0.544. The summed E-state index contributed by atoms with van der Waals surface area (Å²) < 4.78 is 5.12. The van der Waals surface area contributed by atoms with Crippen LogP contribution in [0, 0.1) is 0 Å². The van der Waals surface area contributed by atoms with Crippen molar-refractivity contribution in [1.82, 2.24) is 0 Å². The van der Waals surface area contributed by atoms with E-state index in [9.17, 15) is 19.8 Å². The molecule has 5 heteroatoms. The summed E-state index contributed by atoms with van der Waals surface area (Å²) >= 11 is 0. The largest absolute Gasteiger partial charge is 0.507 e. The fourth-order valence-electron chi connectivity index (χ4n) is 2.43. The van der Waals surface area contributed by atoms with Crippen molar-refractivity contribution < 1.29 is 19.4 Å². The number of aromatic hydroxyl groups is 2. The number of carbonyl (C=O) groups is 1. The van der Waals surface area contributed by atoms with Crippen LogP contribution in [0.25, 0.3) is 11.0 Å². The molecule has 1 aromatic heterocycles. The molecule has 0 aliphatic rings. The summed E-state index contributed by atoms with van der Waals surface area (Å²) in [7, 11) is 0. The zero-order chi connectivity index (χ0) is 16.4. The maximum atomic E-state index is 12.3. The number of rotatable bonds is 4. The molecule has 0 bridgehead atoms. The summed E-state index contributed by atoms with van der Waals surface area (Å²) in [6.45, 7) is 5.43. The van der Waals surface area contributed by atoms with Crippen molar-refractivity contribution in [2.45, 2.75) is 33.6 Å². The van der Waals surface area contributed by atoms with E-state index in [0.29, 0.717) is 17.4 Å². The van der Waals surface area contributed by atoms with Crippen LogP contribution in [-0.2, 0) is 6.42 Å². The number of hydrogen-bond acceptors (Lipinski definition) is 5. The van der Waals surface area contributed by atoms with Gasteiger partial charge < -0.3 is 14.6 Å². The lowest BCUT2D eigenvalue weighted by molar-refractivity contribution is 0.104. The third kappa shape index (κ3) is 2.88. The Hall–Kier alpha value is -2.56. The lowest BCUT2D eigenvalue weighted by Gasteiger charge is -2.10. The molecule has 2 aromatic rings. The first-order valence-electron chi connectivity index (χ1n) is 7.06. The molecule has 0 radical (unpaired) electrons. The van der Waals surface area contributed by atoms with Gasteiger partial charge in [0.25, 0.3) is 0 Å². The molecule has 2 rings (SSSR count). The van der Waals surface area contributed by atoms with Crippen molar-refractivity contribution in [1.29, 1.82) is 0 Å². The van der Waals surface area contributed by atoms with Gasteiger partial charge in [0.1, 0.15) is 17.1 Å². The first kappa shape index (κ1) is 15.8. The molecule has 0 saturated carbocycles. The Morgan fingerprint density at radius 3 is 2.50 bits per heavy atom. The van der Waals surface area contributed by atoms with Gasteiger partial charge in [-0.05, 0) is 31.9 Å². The van der Waals surface area contributed by atoms with Crippen molar-refractivity contribution in [2.24, 2.45) is 0 Å². The minimum absolute atomic E-state index is 0.0732. The predicted octanol–water partition coefficient (Wildman–Crippen LogP) is 3.31. The fraction of sp³-hybridized carbons (Fsp3) is 0.294. The van der Waals surface area contributed by atoms with E-state index in [1.807, 2.05) is 6.92 Å². The Morgan fingerprint density at radius 2 is 1.91 bits per heavy atom. The SMILES string of the molecule is CCCc1cc(=O)oc2c(C(=O)C=C(C)C)c(O)cc(O)c12. The molecular formula is C17H18O5. The second-order valence-electron chi connectivity index (χ2n) is 5.42. The van der Waals surface area contributed by atoms with Gasteiger partial charge in [0, 0.05) is 12.1 Å². The van der Waals surface area contributed by atoms with E-state index in [1.165, 1.54) is 12.1 Å². The van der Waals surface area contributed by atoms with E-state index < -0.39 is 17.2 Å². The Morgan fingerprint density at radius 1 is 1.23 bits per heavy atom. The van der Waals surface area contributed by atoms with Crippen LogP contribution in [-0.4, -0.2) is 16.0 Å². The molecule has 116 valence electrons.